The van der Waals surface area contributed by atoms with E-state index in [-0.39, 0.29) is 0 Å². The highest BCUT2D eigenvalue weighted by molar-refractivity contribution is 4.86. The van der Waals surface area contributed by atoms with Crippen LogP contribution in [0.2, 0.25) is 0 Å². The van der Waals surface area contributed by atoms with E-state index < -0.39 is 12.7 Å². The molecule has 16 heavy (non-hydrogen) atoms. The summed E-state index contributed by atoms with van der Waals surface area (Å²) < 4.78 is 35.4. The Morgan fingerprint density at radius 1 is 1.25 bits per heavy atom. The maximum Gasteiger partial charge on any atom is 0.401 e. The zero-order chi connectivity index (χ0) is 12.2. The number of hydrogen-bond donors (Lipinski definition) is 2. The van der Waals surface area contributed by atoms with Gasteiger partial charge in [-0.05, 0) is 24.7 Å². The van der Waals surface area contributed by atoms with Crippen molar-refractivity contribution < 1.29 is 13.2 Å². The summed E-state index contributed by atoms with van der Waals surface area (Å²) in [6, 6.07) is 0.475. The molecule has 0 heterocycles. The molecule has 1 rings (SSSR count). The van der Waals surface area contributed by atoms with Gasteiger partial charge in [-0.2, -0.15) is 13.2 Å². The molecule has 0 saturated heterocycles. The van der Waals surface area contributed by atoms with Crippen LogP contribution in [-0.2, 0) is 0 Å². The van der Waals surface area contributed by atoms with Crippen LogP contribution in [0.1, 0.15) is 33.1 Å². The van der Waals surface area contributed by atoms with Gasteiger partial charge in [0.05, 0.1) is 6.54 Å². The summed E-state index contributed by atoms with van der Waals surface area (Å²) in [4.78, 5) is 0. The van der Waals surface area contributed by atoms with Crippen molar-refractivity contribution in [3.8, 4) is 0 Å². The molecule has 0 radical (unpaired) electrons. The fourth-order valence-electron chi connectivity index (χ4n) is 2.21. The summed E-state index contributed by atoms with van der Waals surface area (Å²) in [5.74, 6) is 0. The fraction of sp³-hybridized carbons (Fsp3) is 1.00. The topological polar surface area (TPSA) is 24.1 Å². The molecule has 1 saturated carbocycles. The Bertz CT molecular complexity index is 214. The van der Waals surface area contributed by atoms with Gasteiger partial charge in [0, 0.05) is 19.1 Å². The number of hydrogen-bond acceptors (Lipinski definition) is 2. The fourth-order valence-corrected chi connectivity index (χ4v) is 2.21. The normalized spacial score (nSPS) is 24.9. The lowest BCUT2D eigenvalue weighted by Gasteiger charge is -2.18. The molecule has 1 aliphatic rings. The molecular formula is C11H21F3N2. The highest BCUT2D eigenvalue weighted by Crippen LogP contribution is 2.36. The Labute approximate surface area is 95.0 Å². The van der Waals surface area contributed by atoms with Gasteiger partial charge in [-0.15, -0.1) is 0 Å². The van der Waals surface area contributed by atoms with E-state index in [1.165, 1.54) is 6.42 Å². The van der Waals surface area contributed by atoms with Crippen molar-refractivity contribution in [2.24, 2.45) is 5.41 Å². The van der Waals surface area contributed by atoms with Crippen molar-refractivity contribution in [3.05, 3.63) is 0 Å². The average Bonchev–Trinajstić information content (AvgIpc) is 2.43. The molecular weight excluding hydrogens is 217 g/mol. The SMILES string of the molecule is CC1(C)CCC(NCCNCC(F)(F)F)C1. The van der Waals surface area contributed by atoms with Gasteiger partial charge in [0.25, 0.3) is 0 Å². The zero-order valence-corrected chi connectivity index (χ0v) is 9.95. The van der Waals surface area contributed by atoms with Crippen LogP contribution in [-0.4, -0.2) is 31.9 Å². The first kappa shape index (κ1) is 13.8. The first-order valence-corrected chi connectivity index (χ1v) is 5.79. The predicted molar refractivity (Wildman–Crippen MR) is 58.3 cm³/mol. The zero-order valence-electron chi connectivity index (χ0n) is 9.95. The van der Waals surface area contributed by atoms with E-state index in [2.05, 4.69) is 24.5 Å². The third-order valence-corrected chi connectivity index (χ3v) is 3.03. The summed E-state index contributed by atoms with van der Waals surface area (Å²) in [7, 11) is 0. The molecule has 2 nitrogen and oxygen atoms in total. The van der Waals surface area contributed by atoms with Gasteiger partial charge >= 0.3 is 6.18 Å². The largest absolute Gasteiger partial charge is 0.401 e. The summed E-state index contributed by atoms with van der Waals surface area (Å²) in [6.07, 6.45) is -0.658. The second-order valence-electron chi connectivity index (χ2n) is 5.35. The van der Waals surface area contributed by atoms with Gasteiger partial charge in [0.15, 0.2) is 0 Å². The van der Waals surface area contributed by atoms with Gasteiger partial charge in [0.1, 0.15) is 0 Å². The molecule has 0 aromatic heterocycles. The molecule has 0 bridgehead atoms. The van der Waals surface area contributed by atoms with Gasteiger partial charge in [-0.1, -0.05) is 13.8 Å². The number of halogens is 3. The smallest absolute Gasteiger partial charge is 0.313 e. The van der Waals surface area contributed by atoms with E-state index in [1.54, 1.807) is 0 Å². The Morgan fingerprint density at radius 2 is 1.94 bits per heavy atom. The average molecular weight is 238 g/mol. The minimum atomic E-state index is -4.10. The second-order valence-corrected chi connectivity index (χ2v) is 5.35. The summed E-state index contributed by atoms with van der Waals surface area (Å²) in [5.41, 5.74) is 0.386. The highest BCUT2D eigenvalue weighted by atomic mass is 19.4. The van der Waals surface area contributed by atoms with E-state index in [0.717, 1.165) is 12.8 Å². The van der Waals surface area contributed by atoms with E-state index in [0.29, 0.717) is 24.5 Å². The van der Waals surface area contributed by atoms with Crippen molar-refractivity contribution in [3.63, 3.8) is 0 Å². The van der Waals surface area contributed by atoms with Crippen LogP contribution in [0.5, 0.6) is 0 Å². The molecule has 0 aromatic carbocycles. The van der Waals surface area contributed by atoms with Crippen LogP contribution >= 0.6 is 0 Å². The summed E-state index contributed by atoms with van der Waals surface area (Å²) in [5, 5.41) is 5.68. The molecule has 2 N–H and O–H groups in total. The molecule has 96 valence electrons. The molecule has 1 fully saturated rings. The van der Waals surface area contributed by atoms with Crippen LogP contribution < -0.4 is 10.6 Å². The third-order valence-electron chi connectivity index (χ3n) is 3.03. The molecule has 1 atom stereocenters. The number of rotatable bonds is 5. The molecule has 0 aromatic rings. The molecule has 1 aliphatic carbocycles. The van der Waals surface area contributed by atoms with Gasteiger partial charge in [-0.3, -0.25) is 0 Å². The Balaban J connectivity index is 2.00. The third kappa shape index (κ3) is 5.70. The molecule has 0 aliphatic heterocycles. The molecule has 5 heteroatoms. The van der Waals surface area contributed by atoms with Gasteiger partial charge < -0.3 is 10.6 Å². The van der Waals surface area contributed by atoms with Crippen LogP contribution in [0.3, 0.4) is 0 Å². The van der Waals surface area contributed by atoms with Gasteiger partial charge in [-0.25, -0.2) is 0 Å². The van der Waals surface area contributed by atoms with Crippen molar-refractivity contribution in [2.75, 3.05) is 19.6 Å². The lowest BCUT2D eigenvalue weighted by Crippen LogP contribution is -2.37. The van der Waals surface area contributed by atoms with Crippen LogP contribution in [0.15, 0.2) is 0 Å². The summed E-state index contributed by atoms with van der Waals surface area (Å²) in [6.45, 7) is 4.55. The second kappa shape index (κ2) is 5.36. The Morgan fingerprint density at radius 3 is 2.44 bits per heavy atom. The van der Waals surface area contributed by atoms with Gasteiger partial charge in [0.2, 0.25) is 0 Å². The Kier molecular flexibility index (Phi) is 4.62. The lowest BCUT2D eigenvalue weighted by molar-refractivity contribution is -0.124. The minimum Gasteiger partial charge on any atom is -0.313 e. The van der Waals surface area contributed by atoms with Crippen LogP contribution in [0, 0.1) is 5.41 Å². The standard InChI is InChI=1S/C11H21F3N2/c1-10(2)4-3-9(7-10)16-6-5-15-8-11(12,13)14/h9,15-16H,3-8H2,1-2H3. The van der Waals surface area contributed by atoms with E-state index in [9.17, 15) is 13.2 Å². The quantitative estimate of drug-likeness (QED) is 0.718. The highest BCUT2D eigenvalue weighted by Gasteiger charge is 2.30. The molecule has 0 spiro atoms. The molecule has 1 unspecified atom stereocenters. The van der Waals surface area contributed by atoms with Crippen molar-refractivity contribution >= 4 is 0 Å². The van der Waals surface area contributed by atoms with Crippen molar-refractivity contribution in [1.29, 1.82) is 0 Å². The van der Waals surface area contributed by atoms with Crippen molar-refractivity contribution in [2.45, 2.75) is 45.3 Å². The van der Waals surface area contributed by atoms with E-state index >= 15 is 0 Å². The van der Waals surface area contributed by atoms with Crippen molar-refractivity contribution in [1.82, 2.24) is 10.6 Å². The maximum absolute atomic E-state index is 11.8. The monoisotopic (exact) mass is 238 g/mol. The first-order valence-electron chi connectivity index (χ1n) is 5.79. The summed E-state index contributed by atoms with van der Waals surface area (Å²) >= 11 is 0. The van der Waals surface area contributed by atoms with Crippen LogP contribution in [0.25, 0.3) is 0 Å². The molecule has 0 amide bonds. The lowest BCUT2D eigenvalue weighted by atomic mass is 9.92. The number of nitrogens with one attached hydrogen (secondary N) is 2. The minimum absolute atomic E-state index is 0.371. The van der Waals surface area contributed by atoms with E-state index in [1.807, 2.05) is 0 Å². The predicted octanol–water partition coefficient (Wildman–Crippen LogP) is 2.31. The number of alkyl halides is 3. The first-order chi connectivity index (χ1) is 7.29. The Hall–Kier alpha value is -0.290. The van der Waals surface area contributed by atoms with E-state index in [4.69, 9.17) is 0 Å². The van der Waals surface area contributed by atoms with Crippen LogP contribution in [0.4, 0.5) is 13.2 Å². The maximum atomic E-state index is 11.8.